The van der Waals surface area contributed by atoms with Gasteiger partial charge in [-0.25, -0.2) is 0 Å². The quantitative estimate of drug-likeness (QED) is 0.781. The molecule has 2 heterocycles. The van der Waals surface area contributed by atoms with E-state index >= 15 is 0 Å². The van der Waals surface area contributed by atoms with Crippen LogP contribution < -0.4 is 5.32 Å². The lowest BCUT2D eigenvalue weighted by atomic mass is 9.97. The molecule has 2 aliphatic heterocycles. The lowest BCUT2D eigenvalue weighted by Gasteiger charge is -2.30. The molecule has 2 rings (SSSR count). The number of halogens is 1. The van der Waals surface area contributed by atoms with Crippen LogP contribution in [0.2, 0.25) is 0 Å². The number of amides is 1. The van der Waals surface area contributed by atoms with Crippen molar-refractivity contribution in [1.29, 1.82) is 0 Å². The predicted octanol–water partition coefficient (Wildman–Crippen LogP) is 0.655. The Morgan fingerprint density at radius 2 is 2.25 bits per heavy atom. The molecule has 0 radical (unpaired) electrons. The first-order valence-corrected chi connectivity index (χ1v) is 5.84. The molecule has 2 fully saturated rings. The topological polar surface area (TPSA) is 41.6 Å². The van der Waals surface area contributed by atoms with Crippen LogP contribution in [0.5, 0.6) is 0 Å². The Hall–Kier alpha value is -0.320. The van der Waals surface area contributed by atoms with Gasteiger partial charge in [-0.05, 0) is 25.8 Å². The van der Waals surface area contributed by atoms with E-state index in [9.17, 15) is 4.79 Å². The summed E-state index contributed by atoms with van der Waals surface area (Å²) >= 11 is 0. The summed E-state index contributed by atoms with van der Waals surface area (Å²) in [5.41, 5.74) is 0. The van der Waals surface area contributed by atoms with Crippen LogP contribution in [-0.4, -0.2) is 50.2 Å². The summed E-state index contributed by atoms with van der Waals surface area (Å²) in [6.07, 6.45) is 3.14. The van der Waals surface area contributed by atoms with Crippen molar-refractivity contribution in [1.82, 2.24) is 10.2 Å². The Balaban J connectivity index is 0.00000128. The molecule has 94 valence electrons. The van der Waals surface area contributed by atoms with E-state index in [1.165, 1.54) is 0 Å². The van der Waals surface area contributed by atoms with E-state index in [2.05, 4.69) is 5.32 Å². The molecule has 0 aromatic heterocycles. The van der Waals surface area contributed by atoms with E-state index < -0.39 is 0 Å². The SMILES string of the molecule is CN(C(=O)C1CCCNC1)C1CCOC1.Cl. The molecule has 16 heavy (non-hydrogen) atoms. The Morgan fingerprint density at radius 3 is 2.81 bits per heavy atom. The number of piperidine rings is 1. The van der Waals surface area contributed by atoms with Crippen LogP contribution in [0.25, 0.3) is 0 Å². The minimum atomic E-state index is 0. The van der Waals surface area contributed by atoms with Gasteiger partial charge in [-0.1, -0.05) is 0 Å². The van der Waals surface area contributed by atoms with Gasteiger partial charge in [-0.15, -0.1) is 12.4 Å². The van der Waals surface area contributed by atoms with E-state index in [-0.39, 0.29) is 24.2 Å². The zero-order valence-corrected chi connectivity index (χ0v) is 10.6. The van der Waals surface area contributed by atoms with Crippen LogP contribution in [0.4, 0.5) is 0 Å². The average Bonchev–Trinajstić information content (AvgIpc) is 2.82. The molecule has 2 aliphatic rings. The molecule has 0 aromatic rings. The largest absolute Gasteiger partial charge is 0.379 e. The number of ether oxygens (including phenoxy) is 1. The van der Waals surface area contributed by atoms with E-state index in [0.717, 1.165) is 39.0 Å². The highest BCUT2D eigenvalue weighted by molar-refractivity contribution is 5.85. The van der Waals surface area contributed by atoms with Gasteiger partial charge in [0.05, 0.1) is 18.6 Å². The Morgan fingerprint density at radius 1 is 1.44 bits per heavy atom. The lowest BCUT2D eigenvalue weighted by molar-refractivity contribution is -0.136. The second-order valence-corrected chi connectivity index (χ2v) is 4.51. The standard InChI is InChI=1S/C11H20N2O2.ClH/c1-13(10-4-6-15-8-10)11(14)9-3-2-5-12-7-9;/h9-10,12H,2-8H2,1H3;1H. The monoisotopic (exact) mass is 248 g/mol. The molecule has 0 aromatic carbocycles. The number of likely N-dealkylation sites (N-methyl/N-ethyl adjacent to an activating group) is 1. The number of carbonyl (C=O) groups is 1. The Kier molecular flexibility index (Phi) is 5.52. The Labute approximate surface area is 103 Å². The maximum absolute atomic E-state index is 12.1. The van der Waals surface area contributed by atoms with Crippen LogP contribution in [-0.2, 0) is 9.53 Å². The molecule has 1 N–H and O–H groups in total. The van der Waals surface area contributed by atoms with Crippen LogP contribution in [0.15, 0.2) is 0 Å². The second kappa shape index (κ2) is 6.42. The molecule has 2 saturated heterocycles. The molecule has 0 aliphatic carbocycles. The van der Waals surface area contributed by atoms with Crippen molar-refractivity contribution < 1.29 is 9.53 Å². The van der Waals surface area contributed by atoms with Gasteiger partial charge in [0.1, 0.15) is 0 Å². The average molecular weight is 249 g/mol. The van der Waals surface area contributed by atoms with Crippen molar-refractivity contribution in [3.8, 4) is 0 Å². The zero-order chi connectivity index (χ0) is 10.7. The van der Waals surface area contributed by atoms with Gasteiger partial charge in [0.15, 0.2) is 0 Å². The lowest BCUT2D eigenvalue weighted by Crippen LogP contribution is -2.45. The van der Waals surface area contributed by atoms with E-state index in [1.807, 2.05) is 11.9 Å². The summed E-state index contributed by atoms with van der Waals surface area (Å²) in [7, 11) is 1.91. The maximum Gasteiger partial charge on any atom is 0.227 e. The highest BCUT2D eigenvalue weighted by Gasteiger charge is 2.29. The number of nitrogens with one attached hydrogen (secondary N) is 1. The highest BCUT2D eigenvalue weighted by Crippen LogP contribution is 2.17. The van der Waals surface area contributed by atoms with Gasteiger partial charge in [-0.3, -0.25) is 4.79 Å². The smallest absolute Gasteiger partial charge is 0.227 e. The summed E-state index contributed by atoms with van der Waals surface area (Å²) in [5.74, 6) is 0.474. The fourth-order valence-electron chi connectivity index (χ4n) is 2.36. The molecule has 0 bridgehead atoms. The molecular formula is C11H21ClN2O2. The minimum Gasteiger partial charge on any atom is -0.379 e. The maximum atomic E-state index is 12.1. The molecule has 1 amide bonds. The summed E-state index contributed by atoms with van der Waals surface area (Å²) in [6.45, 7) is 3.41. The summed E-state index contributed by atoms with van der Waals surface area (Å²) in [6, 6.07) is 0.305. The molecule has 4 nitrogen and oxygen atoms in total. The van der Waals surface area contributed by atoms with Gasteiger partial charge < -0.3 is 15.0 Å². The van der Waals surface area contributed by atoms with Crippen molar-refractivity contribution in [2.45, 2.75) is 25.3 Å². The predicted molar refractivity (Wildman–Crippen MR) is 64.8 cm³/mol. The minimum absolute atomic E-state index is 0. The van der Waals surface area contributed by atoms with Crippen LogP contribution >= 0.6 is 12.4 Å². The van der Waals surface area contributed by atoms with Gasteiger partial charge in [0.25, 0.3) is 0 Å². The summed E-state index contributed by atoms with van der Waals surface area (Å²) in [4.78, 5) is 14.0. The first-order chi connectivity index (χ1) is 7.29. The van der Waals surface area contributed by atoms with Crippen molar-refractivity contribution in [2.75, 3.05) is 33.4 Å². The van der Waals surface area contributed by atoms with Crippen molar-refractivity contribution >= 4 is 18.3 Å². The van der Waals surface area contributed by atoms with E-state index in [4.69, 9.17) is 4.74 Å². The number of hydrogen-bond acceptors (Lipinski definition) is 3. The zero-order valence-electron chi connectivity index (χ0n) is 9.78. The van der Waals surface area contributed by atoms with E-state index in [0.29, 0.717) is 12.6 Å². The van der Waals surface area contributed by atoms with Gasteiger partial charge in [0, 0.05) is 20.2 Å². The number of nitrogens with zero attached hydrogens (tertiary/aromatic N) is 1. The van der Waals surface area contributed by atoms with Crippen LogP contribution in [0, 0.1) is 5.92 Å². The summed E-state index contributed by atoms with van der Waals surface area (Å²) < 4.78 is 5.31. The molecular weight excluding hydrogens is 228 g/mol. The van der Waals surface area contributed by atoms with Gasteiger partial charge in [-0.2, -0.15) is 0 Å². The third-order valence-corrected chi connectivity index (χ3v) is 3.45. The van der Waals surface area contributed by atoms with E-state index in [1.54, 1.807) is 0 Å². The molecule has 2 unspecified atom stereocenters. The van der Waals surface area contributed by atoms with Crippen molar-refractivity contribution in [3.63, 3.8) is 0 Å². The third-order valence-electron chi connectivity index (χ3n) is 3.45. The molecule has 2 atom stereocenters. The van der Waals surface area contributed by atoms with Gasteiger partial charge in [0.2, 0.25) is 5.91 Å². The fourth-order valence-corrected chi connectivity index (χ4v) is 2.36. The highest BCUT2D eigenvalue weighted by atomic mass is 35.5. The molecule has 5 heteroatoms. The summed E-state index contributed by atoms with van der Waals surface area (Å²) in [5, 5.41) is 3.28. The van der Waals surface area contributed by atoms with Crippen LogP contribution in [0.1, 0.15) is 19.3 Å². The van der Waals surface area contributed by atoms with Crippen LogP contribution in [0.3, 0.4) is 0 Å². The first kappa shape index (κ1) is 13.7. The molecule has 0 saturated carbocycles. The second-order valence-electron chi connectivity index (χ2n) is 4.51. The first-order valence-electron chi connectivity index (χ1n) is 5.84. The van der Waals surface area contributed by atoms with Crippen molar-refractivity contribution in [3.05, 3.63) is 0 Å². The van der Waals surface area contributed by atoms with Crippen molar-refractivity contribution in [2.24, 2.45) is 5.92 Å². The fraction of sp³-hybridized carbons (Fsp3) is 0.909. The molecule has 0 spiro atoms. The normalized spacial score (nSPS) is 29.6. The third kappa shape index (κ3) is 3.09. The van der Waals surface area contributed by atoms with Gasteiger partial charge >= 0.3 is 0 Å². The number of rotatable bonds is 2. The number of hydrogen-bond donors (Lipinski definition) is 1. The number of carbonyl (C=O) groups excluding carboxylic acids is 1. The Bertz CT molecular complexity index is 226.